The quantitative estimate of drug-likeness (QED) is 0.316. The molecule has 5 rings (SSSR count). The number of piperidine rings is 1. The van der Waals surface area contributed by atoms with Crippen molar-refractivity contribution in [2.75, 3.05) is 31.1 Å². The highest BCUT2D eigenvalue weighted by molar-refractivity contribution is 14.1. The van der Waals surface area contributed by atoms with Crippen LogP contribution in [0.4, 0.5) is 11.6 Å². The number of amides is 2. The third-order valence-corrected chi connectivity index (χ3v) is 7.34. The Labute approximate surface area is 226 Å². The zero-order valence-electron chi connectivity index (χ0n) is 20.0. The van der Waals surface area contributed by atoms with Crippen molar-refractivity contribution in [2.24, 2.45) is 4.99 Å². The molecule has 12 nitrogen and oxygen atoms in total. The Morgan fingerprint density at radius 2 is 1.81 bits per heavy atom. The van der Waals surface area contributed by atoms with Crippen LogP contribution in [0.5, 0.6) is 0 Å². The summed E-state index contributed by atoms with van der Waals surface area (Å²) >= 11 is 1.89. The summed E-state index contributed by atoms with van der Waals surface area (Å²) in [5.41, 5.74) is 13.2. The van der Waals surface area contributed by atoms with Crippen LogP contribution in [0, 0.1) is 10.6 Å². The summed E-state index contributed by atoms with van der Waals surface area (Å²) in [5.74, 6) is 0.331. The Kier molecular flexibility index (Phi) is 6.62. The first-order valence-corrected chi connectivity index (χ1v) is 12.7. The van der Waals surface area contributed by atoms with Gasteiger partial charge in [-0.25, -0.2) is 19.9 Å². The van der Waals surface area contributed by atoms with Gasteiger partial charge in [0.15, 0.2) is 29.1 Å². The number of benzene rings is 1. The second-order valence-corrected chi connectivity index (χ2v) is 10.0. The van der Waals surface area contributed by atoms with Gasteiger partial charge in [-0.15, -0.1) is 0 Å². The Hall–Kier alpha value is -3.88. The van der Waals surface area contributed by atoms with E-state index in [-0.39, 0.29) is 28.8 Å². The molecule has 2 aliphatic rings. The Balaban J connectivity index is 1.23. The number of hydrogen-bond acceptors (Lipinski definition) is 8. The first-order valence-electron chi connectivity index (χ1n) is 11.7. The standard InChI is InChI=1S/C24H25IN10O2/c1-13-15(11-28-20(30-13)14-5-3-2-4-6-14)22(37)35-9-7-24(8-10-35)12-29-23(34-24)33-21(36)16-18(26)32-19(27)17(25)31-16/h2-6,11H,7-10,12H2,1H3,(H4,26,27,32)(H2,29,33,34,36). The second-order valence-electron chi connectivity index (χ2n) is 9.01. The number of guanidine groups is 1. The predicted octanol–water partition coefficient (Wildman–Crippen LogP) is 1.38. The van der Waals surface area contributed by atoms with E-state index in [2.05, 4.69) is 35.6 Å². The largest absolute Gasteiger partial charge is 0.382 e. The number of anilines is 2. The average Bonchev–Trinajstić information content (AvgIpc) is 3.28. The number of nitrogens with two attached hydrogens (primary N) is 2. The lowest BCUT2D eigenvalue weighted by Gasteiger charge is -2.38. The van der Waals surface area contributed by atoms with Gasteiger partial charge >= 0.3 is 5.91 Å². The minimum atomic E-state index is -0.614. The maximum absolute atomic E-state index is 13.2. The van der Waals surface area contributed by atoms with E-state index in [1.807, 2.05) is 64.7 Å². The van der Waals surface area contributed by atoms with Crippen molar-refractivity contribution in [3.05, 3.63) is 57.2 Å². The number of carbonyl (C=O) groups is 2. The van der Waals surface area contributed by atoms with Crippen molar-refractivity contribution in [3.8, 4) is 11.4 Å². The van der Waals surface area contributed by atoms with Crippen LogP contribution < -0.4 is 22.1 Å². The number of carbonyl (C=O) groups excluding carboxylic acids is 2. The number of nitrogens with zero attached hydrogens (tertiary/aromatic N) is 6. The number of rotatable bonds is 3. The number of aryl methyl sites for hydroxylation is 1. The SMILES string of the molecule is Cc1nc(-c2ccccc2)ncc1C(=O)N1CCC2(CC1)CN/C(=N\C(=O)c1nc(I)c(N)nc1N)N2. The van der Waals surface area contributed by atoms with Crippen molar-refractivity contribution in [1.82, 2.24) is 35.5 Å². The lowest BCUT2D eigenvalue weighted by atomic mass is 9.88. The zero-order chi connectivity index (χ0) is 26.2. The van der Waals surface area contributed by atoms with E-state index in [0.29, 0.717) is 59.2 Å². The maximum Gasteiger partial charge on any atom is 0.302 e. The van der Waals surface area contributed by atoms with Gasteiger partial charge < -0.3 is 27.0 Å². The third kappa shape index (κ3) is 5.03. The van der Waals surface area contributed by atoms with E-state index < -0.39 is 5.91 Å². The summed E-state index contributed by atoms with van der Waals surface area (Å²) < 4.78 is 0.381. The van der Waals surface area contributed by atoms with E-state index in [1.165, 1.54) is 0 Å². The molecule has 3 aromatic rings. The average molecular weight is 612 g/mol. The molecule has 0 saturated carbocycles. The van der Waals surface area contributed by atoms with Crippen LogP contribution in [0.1, 0.15) is 39.4 Å². The summed E-state index contributed by atoms with van der Waals surface area (Å²) in [6.07, 6.45) is 2.97. The van der Waals surface area contributed by atoms with Crippen LogP contribution in [0.25, 0.3) is 11.4 Å². The van der Waals surface area contributed by atoms with Gasteiger partial charge in [-0.05, 0) is 42.4 Å². The lowest BCUT2D eigenvalue weighted by Crippen LogP contribution is -2.53. The van der Waals surface area contributed by atoms with Crippen LogP contribution in [-0.4, -0.2) is 67.8 Å². The first kappa shape index (κ1) is 24.8. The van der Waals surface area contributed by atoms with Gasteiger partial charge in [0.25, 0.3) is 5.91 Å². The number of halogens is 1. The summed E-state index contributed by atoms with van der Waals surface area (Å²) in [6.45, 7) is 3.50. The van der Waals surface area contributed by atoms with Gasteiger partial charge in [0, 0.05) is 31.4 Å². The van der Waals surface area contributed by atoms with Crippen LogP contribution in [0.15, 0.2) is 41.5 Å². The highest BCUT2D eigenvalue weighted by atomic mass is 127. The number of likely N-dealkylation sites (tertiary alicyclic amines) is 1. The minimum absolute atomic E-state index is 0.0491. The van der Waals surface area contributed by atoms with Crippen LogP contribution in [0.2, 0.25) is 0 Å². The molecule has 2 saturated heterocycles. The number of aromatic nitrogens is 4. The van der Waals surface area contributed by atoms with E-state index in [9.17, 15) is 9.59 Å². The van der Waals surface area contributed by atoms with Crippen LogP contribution in [-0.2, 0) is 0 Å². The third-order valence-electron chi connectivity index (χ3n) is 6.55. The smallest absolute Gasteiger partial charge is 0.302 e. The van der Waals surface area contributed by atoms with E-state index in [0.717, 1.165) is 5.56 Å². The summed E-state index contributed by atoms with van der Waals surface area (Å²) in [7, 11) is 0. The molecular weight excluding hydrogens is 587 g/mol. The van der Waals surface area contributed by atoms with Gasteiger partial charge in [0.05, 0.1) is 16.8 Å². The molecule has 0 aliphatic carbocycles. The minimum Gasteiger partial charge on any atom is -0.382 e. The van der Waals surface area contributed by atoms with Gasteiger partial charge in [0.2, 0.25) is 0 Å². The van der Waals surface area contributed by atoms with Gasteiger partial charge in [-0.3, -0.25) is 9.59 Å². The molecule has 0 atom stereocenters. The molecule has 4 heterocycles. The van der Waals surface area contributed by atoms with Crippen molar-refractivity contribution in [1.29, 1.82) is 0 Å². The second kappa shape index (κ2) is 9.88. The molecule has 2 amide bonds. The molecule has 2 aromatic heterocycles. The molecule has 2 fully saturated rings. The Morgan fingerprint density at radius 3 is 2.51 bits per heavy atom. The van der Waals surface area contributed by atoms with Crippen molar-refractivity contribution in [3.63, 3.8) is 0 Å². The van der Waals surface area contributed by atoms with E-state index >= 15 is 0 Å². The van der Waals surface area contributed by atoms with Gasteiger partial charge in [-0.1, -0.05) is 30.3 Å². The maximum atomic E-state index is 13.2. The Bertz CT molecular complexity index is 1400. The fourth-order valence-corrected chi connectivity index (χ4v) is 4.79. The fraction of sp³-hybridized carbons (Fsp3) is 0.292. The molecule has 2 aliphatic heterocycles. The van der Waals surface area contributed by atoms with E-state index in [1.54, 1.807) is 6.20 Å². The van der Waals surface area contributed by atoms with Gasteiger partial charge in [-0.2, -0.15) is 4.99 Å². The van der Waals surface area contributed by atoms with E-state index in [4.69, 9.17) is 11.5 Å². The van der Waals surface area contributed by atoms with Crippen molar-refractivity contribution in [2.45, 2.75) is 25.3 Å². The molecule has 190 valence electrons. The molecule has 0 bridgehead atoms. The highest BCUT2D eigenvalue weighted by Gasteiger charge is 2.41. The monoisotopic (exact) mass is 612 g/mol. The molecule has 0 radical (unpaired) electrons. The zero-order valence-corrected chi connectivity index (χ0v) is 22.2. The molecule has 0 unspecified atom stereocenters. The number of aliphatic imine (C=N–C) groups is 1. The Morgan fingerprint density at radius 1 is 1.08 bits per heavy atom. The summed E-state index contributed by atoms with van der Waals surface area (Å²) in [5, 5.41) is 6.48. The summed E-state index contributed by atoms with van der Waals surface area (Å²) in [4.78, 5) is 48.8. The molecular formula is C24H25IN10O2. The van der Waals surface area contributed by atoms with Crippen LogP contribution >= 0.6 is 22.6 Å². The number of hydrogen-bond donors (Lipinski definition) is 4. The molecule has 1 aromatic carbocycles. The molecule has 6 N–H and O–H groups in total. The summed E-state index contributed by atoms with van der Waals surface area (Å²) in [6, 6.07) is 9.66. The first-order chi connectivity index (χ1) is 17.7. The van der Waals surface area contributed by atoms with Crippen molar-refractivity contribution >= 4 is 52.0 Å². The lowest BCUT2D eigenvalue weighted by molar-refractivity contribution is 0.0667. The highest BCUT2D eigenvalue weighted by Crippen LogP contribution is 2.26. The topological polar surface area (TPSA) is 177 Å². The molecule has 1 spiro atoms. The normalized spacial score (nSPS) is 17.5. The number of nitrogens with one attached hydrogen (secondary N) is 2. The molecule has 13 heteroatoms. The van der Waals surface area contributed by atoms with Crippen LogP contribution in [0.3, 0.4) is 0 Å². The molecule has 37 heavy (non-hydrogen) atoms. The predicted molar refractivity (Wildman–Crippen MR) is 147 cm³/mol. The number of nitrogen functional groups attached to an aromatic ring is 2. The van der Waals surface area contributed by atoms with Crippen molar-refractivity contribution < 1.29 is 9.59 Å². The van der Waals surface area contributed by atoms with Gasteiger partial charge in [0.1, 0.15) is 3.70 Å². The fourth-order valence-electron chi connectivity index (χ4n) is 4.43.